The minimum absolute atomic E-state index is 0.453. The molecule has 0 spiro atoms. The first-order valence-electron chi connectivity index (χ1n) is 6.51. The molecular weight excluding hydrogens is 230 g/mol. The molecule has 0 amide bonds. The van der Waals surface area contributed by atoms with Crippen LogP contribution in [-0.2, 0) is 6.54 Å². The molecule has 0 fully saturated rings. The second-order valence-corrected chi connectivity index (χ2v) is 5.77. The molecule has 17 heavy (non-hydrogen) atoms. The molecule has 0 radical (unpaired) electrons. The normalized spacial score (nSPS) is 13.1. The SMILES string of the molecule is CCC(C)N(CC)c1nc(C(C)C)c(CN)s1. The quantitative estimate of drug-likeness (QED) is 0.847. The summed E-state index contributed by atoms with van der Waals surface area (Å²) in [4.78, 5) is 8.39. The highest BCUT2D eigenvalue weighted by atomic mass is 32.1. The number of aromatic nitrogens is 1. The van der Waals surface area contributed by atoms with Crippen LogP contribution in [0.2, 0.25) is 0 Å². The maximum Gasteiger partial charge on any atom is 0.186 e. The van der Waals surface area contributed by atoms with E-state index in [1.54, 1.807) is 11.3 Å². The Morgan fingerprint density at radius 2 is 1.94 bits per heavy atom. The van der Waals surface area contributed by atoms with Gasteiger partial charge in [0.25, 0.3) is 0 Å². The smallest absolute Gasteiger partial charge is 0.186 e. The maximum absolute atomic E-state index is 5.80. The number of thiazole rings is 1. The van der Waals surface area contributed by atoms with Crippen LogP contribution in [0, 0.1) is 0 Å². The second kappa shape index (κ2) is 6.36. The molecule has 1 unspecified atom stereocenters. The van der Waals surface area contributed by atoms with E-state index in [-0.39, 0.29) is 0 Å². The van der Waals surface area contributed by atoms with Crippen molar-refractivity contribution in [2.45, 2.75) is 59.5 Å². The number of nitrogens with zero attached hydrogens (tertiary/aromatic N) is 2. The third kappa shape index (κ3) is 3.19. The predicted molar refractivity (Wildman–Crippen MR) is 76.9 cm³/mol. The predicted octanol–water partition coefficient (Wildman–Crippen LogP) is 3.35. The summed E-state index contributed by atoms with van der Waals surface area (Å²) >= 11 is 1.75. The van der Waals surface area contributed by atoms with Crippen LogP contribution < -0.4 is 10.6 Å². The molecule has 98 valence electrons. The van der Waals surface area contributed by atoms with Crippen molar-refractivity contribution < 1.29 is 0 Å². The lowest BCUT2D eigenvalue weighted by Crippen LogP contribution is -2.32. The average Bonchev–Trinajstić information content (AvgIpc) is 2.73. The van der Waals surface area contributed by atoms with Gasteiger partial charge in [0.15, 0.2) is 5.13 Å². The highest BCUT2D eigenvalue weighted by Crippen LogP contribution is 2.31. The molecule has 3 nitrogen and oxygen atoms in total. The van der Waals surface area contributed by atoms with Crippen molar-refractivity contribution in [3.63, 3.8) is 0 Å². The number of rotatable bonds is 6. The van der Waals surface area contributed by atoms with E-state index in [1.165, 1.54) is 10.6 Å². The van der Waals surface area contributed by atoms with E-state index >= 15 is 0 Å². The standard InChI is InChI=1S/C13H25N3S/c1-6-10(5)16(7-2)13-15-12(9(3)4)11(8-14)17-13/h9-10H,6-8,14H2,1-5H3. The Balaban J connectivity index is 3.04. The lowest BCUT2D eigenvalue weighted by molar-refractivity contribution is 0.626. The van der Waals surface area contributed by atoms with Crippen molar-refractivity contribution in [2.75, 3.05) is 11.4 Å². The summed E-state index contributed by atoms with van der Waals surface area (Å²) in [5, 5.41) is 1.13. The minimum Gasteiger partial charge on any atom is -0.346 e. The first kappa shape index (κ1) is 14.5. The molecule has 0 aliphatic rings. The fraction of sp³-hybridized carbons (Fsp3) is 0.769. The number of hydrogen-bond donors (Lipinski definition) is 1. The molecule has 0 aliphatic heterocycles. The summed E-state index contributed by atoms with van der Waals surface area (Å²) in [6.45, 7) is 12.6. The van der Waals surface area contributed by atoms with Gasteiger partial charge in [-0.05, 0) is 26.2 Å². The molecule has 1 aromatic heterocycles. The summed E-state index contributed by atoms with van der Waals surface area (Å²) in [7, 11) is 0. The molecular formula is C13H25N3S. The number of hydrogen-bond acceptors (Lipinski definition) is 4. The summed E-state index contributed by atoms with van der Waals surface area (Å²) < 4.78 is 0. The van der Waals surface area contributed by atoms with E-state index in [0.29, 0.717) is 18.5 Å². The number of anilines is 1. The lowest BCUT2D eigenvalue weighted by Gasteiger charge is -2.26. The van der Waals surface area contributed by atoms with Gasteiger partial charge in [0.05, 0.1) is 5.69 Å². The molecule has 0 aliphatic carbocycles. The monoisotopic (exact) mass is 255 g/mol. The molecule has 2 N–H and O–H groups in total. The Kier molecular flexibility index (Phi) is 5.40. The van der Waals surface area contributed by atoms with Crippen LogP contribution in [-0.4, -0.2) is 17.6 Å². The van der Waals surface area contributed by atoms with E-state index in [4.69, 9.17) is 10.7 Å². The Bertz CT molecular complexity index is 346. The van der Waals surface area contributed by atoms with Gasteiger partial charge in [-0.3, -0.25) is 0 Å². The van der Waals surface area contributed by atoms with Gasteiger partial charge >= 0.3 is 0 Å². The van der Waals surface area contributed by atoms with Crippen LogP contribution in [0.25, 0.3) is 0 Å². The molecule has 0 bridgehead atoms. The van der Waals surface area contributed by atoms with Gasteiger partial charge in [0.1, 0.15) is 0 Å². The molecule has 0 aromatic carbocycles. The van der Waals surface area contributed by atoms with Crippen molar-refractivity contribution in [1.82, 2.24) is 4.98 Å². The van der Waals surface area contributed by atoms with Gasteiger partial charge in [0, 0.05) is 24.0 Å². The van der Waals surface area contributed by atoms with Crippen molar-refractivity contribution in [3.8, 4) is 0 Å². The maximum atomic E-state index is 5.80. The zero-order chi connectivity index (χ0) is 13.0. The zero-order valence-electron chi connectivity index (χ0n) is 11.7. The van der Waals surface area contributed by atoms with Crippen molar-refractivity contribution >= 4 is 16.5 Å². The highest BCUT2D eigenvalue weighted by molar-refractivity contribution is 7.15. The van der Waals surface area contributed by atoms with E-state index in [1.807, 2.05) is 0 Å². The Labute approximate surface area is 109 Å². The molecule has 0 saturated heterocycles. The minimum atomic E-state index is 0.453. The molecule has 1 atom stereocenters. The first-order chi connectivity index (χ1) is 8.04. The average molecular weight is 255 g/mol. The van der Waals surface area contributed by atoms with E-state index < -0.39 is 0 Å². The van der Waals surface area contributed by atoms with Crippen LogP contribution in [0.15, 0.2) is 0 Å². The first-order valence-corrected chi connectivity index (χ1v) is 7.32. The van der Waals surface area contributed by atoms with Crippen molar-refractivity contribution in [3.05, 3.63) is 10.6 Å². The summed E-state index contributed by atoms with van der Waals surface area (Å²) in [5.41, 5.74) is 6.98. The van der Waals surface area contributed by atoms with Crippen LogP contribution in [0.5, 0.6) is 0 Å². The van der Waals surface area contributed by atoms with Crippen molar-refractivity contribution in [2.24, 2.45) is 5.73 Å². The number of nitrogens with two attached hydrogens (primary N) is 1. The van der Waals surface area contributed by atoms with E-state index in [0.717, 1.165) is 18.1 Å². The largest absolute Gasteiger partial charge is 0.346 e. The Morgan fingerprint density at radius 3 is 2.29 bits per heavy atom. The molecule has 1 heterocycles. The Morgan fingerprint density at radius 1 is 1.29 bits per heavy atom. The van der Waals surface area contributed by atoms with Crippen LogP contribution in [0.3, 0.4) is 0 Å². The van der Waals surface area contributed by atoms with E-state index in [9.17, 15) is 0 Å². The zero-order valence-corrected chi connectivity index (χ0v) is 12.5. The van der Waals surface area contributed by atoms with Gasteiger partial charge < -0.3 is 10.6 Å². The fourth-order valence-electron chi connectivity index (χ4n) is 1.93. The summed E-state index contributed by atoms with van der Waals surface area (Å²) in [6.07, 6.45) is 1.14. The third-order valence-corrected chi connectivity index (χ3v) is 4.29. The Hall–Kier alpha value is -0.610. The third-order valence-electron chi connectivity index (χ3n) is 3.16. The van der Waals surface area contributed by atoms with Gasteiger partial charge in [0.2, 0.25) is 0 Å². The lowest BCUT2D eigenvalue weighted by atomic mass is 10.1. The van der Waals surface area contributed by atoms with Gasteiger partial charge in [-0.1, -0.05) is 20.8 Å². The van der Waals surface area contributed by atoms with E-state index in [2.05, 4.69) is 39.5 Å². The fourth-order valence-corrected chi connectivity index (χ4v) is 3.19. The molecule has 0 saturated carbocycles. The molecule has 1 aromatic rings. The van der Waals surface area contributed by atoms with Gasteiger partial charge in [-0.15, -0.1) is 11.3 Å². The van der Waals surface area contributed by atoms with Gasteiger partial charge in [-0.2, -0.15) is 0 Å². The topological polar surface area (TPSA) is 42.2 Å². The van der Waals surface area contributed by atoms with Crippen LogP contribution in [0.4, 0.5) is 5.13 Å². The molecule has 4 heteroatoms. The summed E-state index contributed by atoms with van der Waals surface area (Å²) in [5.74, 6) is 0.453. The van der Waals surface area contributed by atoms with Crippen LogP contribution >= 0.6 is 11.3 Å². The highest BCUT2D eigenvalue weighted by Gasteiger charge is 2.19. The summed E-state index contributed by atoms with van der Waals surface area (Å²) in [6, 6.07) is 0.539. The second-order valence-electron chi connectivity index (χ2n) is 4.71. The molecule has 1 rings (SSSR count). The van der Waals surface area contributed by atoms with Crippen molar-refractivity contribution in [1.29, 1.82) is 0 Å². The van der Waals surface area contributed by atoms with Crippen LogP contribution in [0.1, 0.15) is 57.5 Å². The van der Waals surface area contributed by atoms with Gasteiger partial charge in [-0.25, -0.2) is 4.98 Å².